The largest absolute Gasteiger partial charge is 0.280 e. The topological polar surface area (TPSA) is 59.1 Å². The van der Waals surface area contributed by atoms with Crippen molar-refractivity contribution in [2.75, 3.05) is 4.72 Å². The van der Waals surface area contributed by atoms with Crippen LogP contribution in [0.2, 0.25) is 10.0 Å². The van der Waals surface area contributed by atoms with Gasteiger partial charge < -0.3 is 0 Å². The molecule has 0 unspecified atom stereocenters. The number of hydrogen-bond donors (Lipinski definition) is 1. The van der Waals surface area contributed by atoms with Gasteiger partial charge in [0.2, 0.25) is 0 Å². The molecule has 0 amide bonds. The maximum absolute atomic E-state index is 12.6. The molecule has 0 fully saturated rings. The standard InChI is InChI=1S/C21H14Cl2N2O2S2/c22-15-8-10-17(11-9-15)29(26,27)25-16-5-3-4-14(12-16)20-13-28-21(24-20)18-6-1-2-7-19(18)23/h1-13,25H. The number of nitrogens with one attached hydrogen (secondary N) is 1. The minimum absolute atomic E-state index is 0.141. The van der Waals surface area contributed by atoms with Crippen molar-refractivity contribution >= 4 is 50.2 Å². The highest BCUT2D eigenvalue weighted by Gasteiger charge is 2.15. The highest BCUT2D eigenvalue weighted by molar-refractivity contribution is 7.92. The molecule has 1 N–H and O–H groups in total. The second-order valence-electron chi connectivity index (χ2n) is 6.16. The Labute approximate surface area is 182 Å². The van der Waals surface area contributed by atoms with Crippen LogP contribution >= 0.6 is 34.5 Å². The van der Waals surface area contributed by atoms with Crippen LogP contribution in [0, 0.1) is 0 Å². The van der Waals surface area contributed by atoms with Crippen molar-refractivity contribution in [1.29, 1.82) is 0 Å². The predicted molar refractivity (Wildman–Crippen MR) is 120 cm³/mol. The van der Waals surface area contributed by atoms with Crippen LogP contribution < -0.4 is 4.72 Å². The highest BCUT2D eigenvalue weighted by atomic mass is 35.5. The Bertz CT molecular complexity index is 1270. The van der Waals surface area contributed by atoms with E-state index in [4.69, 9.17) is 23.2 Å². The summed E-state index contributed by atoms with van der Waals surface area (Å²) in [5.41, 5.74) is 2.86. The maximum atomic E-state index is 12.6. The first-order chi connectivity index (χ1) is 13.9. The van der Waals surface area contributed by atoms with E-state index in [2.05, 4.69) is 9.71 Å². The molecule has 4 aromatic rings. The lowest BCUT2D eigenvalue weighted by atomic mass is 10.1. The number of thiazole rings is 1. The number of halogens is 2. The molecule has 1 aromatic heterocycles. The summed E-state index contributed by atoms with van der Waals surface area (Å²) in [6.07, 6.45) is 0. The van der Waals surface area contributed by atoms with E-state index < -0.39 is 10.0 Å². The highest BCUT2D eigenvalue weighted by Crippen LogP contribution is 2.33. The number of hydrogen-bond acceptors (Lipinski definition) is 4. The third-order valence-corrected chi connectivity index (χ3v) is 7.00. The summed E-state index contributed by atoms with van der Waals surface area (Å²) < 4.78 is 27.8. The molecule has 0 spiro atoms. The fourth-order valence-electron chi connectivity index (χ4n) is 2.73. The molecule has 0 aliphatic heterocycles. The van der Waals surface area contributed by atoms with E-state index in [1.54, 1.807) is 18.2 Å². The van der Waals surface area contributed by atoms with Crippen molar-refractivity contribution < 1.29 is 8.42 Å². The van der Waals surface area contributed by atoms with Crippen LogP contribution in [0.5, 0.6) is 0 Å². The van der Waals surface area contributed by atoms with Gasteiger partial charge in [0.05, 0.1) is 15.6 Å². The van der Waals surface area contributed by atoms with E-state index in [1.165, 1.54) is 35.6 Å². The lowest BCUT2D eigenvalue weighted by molar-refractivity contribution is 0.601. The quantitative estimate of drug-likeness (QED) is 0.365. The number of rotatable bonds is 5. The summed E-state index contributed by atoms with van der Waals surface area (Å²) in [5.74, 6) is 0. The monoisotopic (exact) mass is 460 g/mol. The van der Waals surface area contributed by atoms with Gasteiger partial charge in [0.15, 0.2) is 0 Å². The fraction of sp³-hybridized carbons (Fsp3) is 0. The van der Waals surface area contributed by atoms with Crippen LogP contribution in [-0.2, 0) is 10.0 Å². The van der Waals surface area contributed by atoms with Crippen LogP contribution in [0.3, 0.4) is 0 Å². The molecule has 29 heavy (non-hydrogen) atoms. The number of anilines is 1. The van der Waals surface area contributed by atoms with Crippen molar-refractivity contribution in [2.45, 2.75) is 4.90 Å². The summed E-state index contributed by atoms with van der Waals surface area (Å²) in [7, 11) is -3.72. The maximum Gasteiger partial charge on any atom is 0.261 e. The number of aromatic nitrogens is 1. The van der Waals surface area contributed by atoms with Crippen molar-refractivity contribution in [1.82, 2.24) is 4.98 Å². The van der Waals surface area contributed by atoms with Gasteiger partial charge in [0.1, 0.15) is 5.01 Å². The normalized spacial score (nSPS) is 11.4. The van der Waals surface area contributed by atoms with E-state index in [0.717, 1.165) is 21.8 Å². The third kappa shape index (κ3) is 4.46. The Morgan fingerprint density at radius 2 is 1.66 bits per heavy atom. The number of sulfonamides is 1. The lowest BCUT2D eigenvalue weighted by Gasteiger charge is -2.09. The van der Waals surface area contributed by atoms with Gasteiger partial charge in [-0.25, -0.2) is 13.4 Å². The van der Waals surface area contributed by atoms with Gasteiger partial charge in [-0.05, 0) is 42.5 Å². The zero-order valence-electron chi connectivity index (χ0n) is 14.8. The summed E-state index contributed by atoms with van der Waals surface area (Å²) in [6, 6.07) is 20.6. The van der Waals surface area contributed by atoms with Gasteiger partial charge in [-0.3, -0.25) is 4.72 Å². The first-order valence-corrected chi connectivity index (χ1v) is 11.6. The summed E-state index contributed by atoms with van der Waals surface area (Å²) in [6.45, 7) is 0. The van der Waals surface area contributed by atoms with E-state index in [9.17, 15) is 8.42 Å². The van der Waals surface area contributed by atoms with E-state index in [-0.39, 0.29) is 4.90 Å². The van der Waals surface area contributed by atoms with Gasteiger partial charge in [0, 0.05) is 27.2 Å². The molecular formula is C21H14Cl2N2O2S2. The molecule has 0 bridgehead atoms. The molecular weight excluding hydrogens is 447 g/mol. The molecule has 146 valence electrons. The Kier molecular flexibility index (Phi) is 5.61. The van der Waals surface area contributed by atoms with Crippen molar-refractivity contribution in [3.63, 3.8) is 0 Å². The van der Waals surface area contributed by atoms with Crippen molar-refractivity contribution in [3.8, 4) is 21.8 Å². The SMILES string of the molecule is O=S(=O)(Nc1cccc(-c2csc(-c3ccccc3Cl)n2)c1)c1ccc(Cl)cc1. The number of nitrogens with zero attached hydrogens (tertiary/aromatic N) is 1. The average molecular weight is 461 g/mol. The summed E-state index contributed by atoms with van der Waals surface area (Å²) in [4.78, 5) is 4.80. The zero-order valence-corrected chi connectivity index (χ0v) is 18.0. The zero-order chi connectivity index (χ0) is 20.4. The minimum atomic E-state index is -3.72. The van der Waals surface area contributed by atoms with E-state index in [1.807, 2.05) is 35.7 Å². The van der Waals surface area contributed by atoms with Gasteiger partial charge in [-0.1, -0.05) is 53.5 Å². The molecule has 0 saturated carbocycles. The van der Waals surface area contributed by atoms with Crippen LogP contribution in [-0.4, -0.2) is 13.4 Å². The minimum Gasteiger partial charge on any atom is -0.280 e. The molecule has 0 radical (unpaired) electrons. The van der Waals surface area contributed by atoms with Crippen molar-refractivity contribution in [2.24, 2.45) is 0 Å². The number of benzene rings is 3. The second-order valence-corrected chi connectivity index (χ2v) is 9.54. The molecule has 0 aliphatic rings. The first-order valence-electron chi connectivity index (χ1n) is 8.52. The second kappa shape index (κ2) is 8.16. The Balaban J connectivity index is 1.61. The Hall–Kier alpha value is -2.38. The average Bonchev–Trinajstić information content (AvgIpc) is 3.18. The fourth-order valence-corrected chi connectivity index (χ4v) is 5.06. The Morgan fingerprint density at radius 1 is 0.897 bits per heavy atom. The molecule has 0 saturated heterocycles. The predicted octanol–water partition coefficient (Wildman–Crippen LogP) is 6.58. The van der Waals surface area contributed by atoms with Crippen LogP contribution in [0.25, 0.3) is 21.8 Å². The van der Waals surface area contributed by atoms with Crippen molar-refractivity contribution in [3.05, 3.63) is 88.2 Å². The summed E-state index contributed by atoms with van der Waals surface area (Å²) in [5, 5.41) is 3.84. The van der Waals surface area contributed by atoms with Crippen LogP contribution in [0.1, 0.15) is 0 Å². The molecule has 8 heteroatoms. The first kappa shape index (κ1) is 19.9. The molecule has 0 aliphatic carbocycles. The Morgan fingerprint density at radius 3 is 2.41 bits per heavy atom. The third-order valence-electron chi connectivity index (χ3n) is 4.14. The van der Waals surface area contributed by atoms with Crippen LogP contribution in [0.15, 0.2) is 83.1 Å². The molecule has 4 rings (SSSR count). The lowest BCUT2D eigenvalue weighted by Crippen LogP contribution is -2.12. The van der Waals surface area contributed by atoms with Gasteiger partial charge in [0.25, 0.3) is 10.0 Å². The van der Waals surface area contributed by atoms with E-state index in [0.29, 0.717) is 15.7 Å². The van der Waals surface area contributed by atoms with Gasteiger partial charge in [-0.2, -0.15) is 0 Å². The van der Waals surface area contributed by atoms with Crippen LogP contribution in [0.4, 0.5) is 5.69 Å². The van der Waals surface area contributed by atoms with E-state index >= 15 is 0 Å². The summed E-state index contributed by atoms with van der Waals surface area (Å²) >= 11 is 13.6. The molecule has 4 nitrogen and oxygen atoms in total. The molecule has 0 atom stereocenters. The van der Waals surface area contributed by atoms with Gasteiger partial charge >= 0.3 is 0 Å². The smallest absolute Gasteiger partial charge is 0.261 e. The molecule has 1 heterocycles. The van der Waals surface area contributed by atoms with Gasteiger partial charge in [-0.15, -0.1) is 11.3 Å². The molecule has 3 aromatic carbocycles.